The van der Waals surface area contributed by atoms with Gasteiger partial charge in [0, 0.05) is 6.61 Å². The molecule has 0 saturated carbocycles. The third kappa shape index (κ3) is 5.19. The minimum atomic E-state index is -0.374. The van der Waals surface area contributed by atoms with Crippen LogP contribution in [0.3, 0.4) is 0 Å². The van der Waals surface area contributed by atoms with Gasteiger partial charge in [0.25, 0.3) is 0 Å². The molecular weight excluding hydrogens is 232 g/mol. The van der Waals surface area contributed by atoms with Gasteiger partial charge in [0.2, 0.25) is 0 Å². The zero-order valence-electron chi connectivity index (χ0n) is 11.0. The molecule has 0 fully saturated rings. The largest absolute Gasteiger partial charge is 0.482 e. The average molecular weight is 252 g/mol. The molecule has 0 unspecified atom stereocenters. The molecule has 100 valence electrons. The second-order valence-corrected chi connectivity index (χ2v) is 3.67. The van der Waals surface area contributed by atoms with E-state index >= 15 is 0 Å². The fourth-order valence-corrected chi connectivity index (χ4v) is 1.47. The van der Waals surface area contributed by atoms with Crippen molar-refractivity contribution in [2.45, 2.75) is 20.3 Å². The number of rotatable bonds is 8. The van der Waals surface area contributed by atoms with Gasteiger partial charge in [-0.2, -0.15) is 0 Å². The molecule has 0 aromatic heterocycles. The summed E-state index contributed by atoms with van der Waals surface area (Å²) in [6.07, 6.45) is 0.871. The summed E-state index contributed by atoms with van der Waals surface area (Å²) in [5.41, 5.74) is 1.08. The first kappa shape index (κ1) is 14.5. The predicted octanol–water partition coefficient (Wildman–Crippen LogP) is 2.21. The van der Waals surface area contributed by atoms with E-state index in [2.05, 4.69) is 0 Å². The summed E-state index contributed by atoms with van der Waals surface area (Å²) in [7, 11) is 0. The summed E-state index contributed by atoms with van der Waals surface area (Å²) in [5, 5.41) is 0. The van der Waals surface area contributed by atoms with Crippen LogP contribution < -0.4 is 4.74 Å². The SMILES string of the molecule is CCOCCOC(=O)COc1ccccc1CC. The third-order valence-electron chi connectivity index (χ3n) is 2.39. The molecule has 4 heteroatoms. The molecule has 0 aliphatic heterocycles. The summed E-state index contributed by atoms with van der Waals surface area (Å²) >= 11 is 0. The van der Waals surface area contributed by atoms with Crippen LogP contribution in [0.4, 0.5) is 0 Å². The highest BCUT2D eigenvalue weighted by molar-refractivity contribution is 5.71. The smallest absolute Gasteiger partial charge is 0.344 e. The molecule has 0 atom stereocenters. The predicted molar refractivity (Wildman–Crippen MR) is 68.8 cm³/mol. The Hall–Kier alpha value is -1.55. The van der Waals surface area contributed by atoms with Gasteiger partial charge in [-0.15, -0.1) is 0 Å². The molecule has 18 heavy (non-hydrogen) atoms. The lowest BCUT2D eigenvalue weighted by atomic mass is 10.1. The molecule has 0 bridgehead atoms. The Kier molecular flexibility index (Phi) is 6.87. The van der Waals surface area contributed by atoms with Crippen molar-refractivity contribution in [2.24, 2.45) is 0 Å². The topological polar surface area (TPSA) is 44.8 Å². The highest BCUT2D eigenvalue weighted by Gasteiger charge is 2.06. The molecule has 0 radical (unpaired) electrons. The van der Waals surface area contributed by atoms with Crippen LogP contribution in [0, 0.1) is 0 Å². The van der Waals surface area contributed by atoms with Gasteiger partial charge < -0.3 is 14.2 Å². The van der Waals surface area contributed by atoms with Crippen molar-refractivity contribution < 1.29 is 19.0 Å². The average Bonchev–Trinajstić information content (AvgIpc) is 2.41. The molecule has 0 aliphatic carbocycles. The van der Waals surface area contributed by atoms with Crippen LogP contribution in [0.25, 0.3) is 0 Å². The van der Waals surface area contributed by atoms with Crippen LogP contribution in [0.5, 0.6) is 5.75 Å². The van der Waals surface area contributed by atoms with Crippen LogP contribution in [0.1, 0.15) is 19.4 Å². The van der Waals surface area contributed by atoms with Gasteiger partial charge in [-0.05, 0) is 25.0 Å². The molecule has 0 heterocycles. The molecule has 1 rings (SSSR count). The zero-order chi connectivity index (χ0) is 13.2. The Labute approximate surface area is 108 Å². The Bertz CT molecular complexity index is 363. The number of hydrogen-bond donors (Lipinski definition) is 0. The maximum absolute atomic E-state index is 11.4. The van der Waals surface area contributed by atoms with Crippen LogP contribution in [-0.4, -0.2) is 32.4 Å². The molecule has 4 nitrogen and oxygen atoms in total. The van der Waals surface area contributed by atoms with E-state index < -0.39 is 0 Å². The summed E-state index contributed by atoms with van der Waals surface area (Å²) in [4.78, 5) is 11.4. The standard InChI is InChI=1S/C14H20O4/c1-3-12-7-5-6-8-13(12)18-11-14(15)17-10-9-16-4-2/h5-8H,3-4,9-11H2,1-2H3. The number of carbonyl (C=O) groups excluding carboxylic acids is 1. The normalized spacial score (nSPS) is 10.1. The lowest BCUT2D eigenvalue weighted by Crippen LogP contribution is -2.18. The van der Waals surface area contributed by atoms with E-state index in [1.807, 2.05) is 38.1 Å². The van der Waals surface area contributed by atoms with E-state index in [0.29, 0.717) is 13.2 Å². The molecular formula is C14H20O4. The second-order valence-electron chi connectivity index (χ2n) is 3.67. The fourth-order valence-electron chi connectivity index (χ4n) is 1.47. The van der Waals surface area contributed by atoms with Gasteiger partial charge in [-0.25, -0.2) is 4.79 Å². The maximum atomic E-state index is 11.4. The van der Waals surface area contributed by atoms with Crippen LogP contribution in [-0.2, 0) is 20.7 Å². The summed E-state index contributed by atoms with van der Waals surface area (Å²) < 4.78 is 15.4. The highest BCUT2D eigenvalue weighted by atomic mass is 16.6. The zero-order valence-corrected chi connectivity index (χ0v) is 11.0. The van der Waals surface area contributed by atoms with Gasteiger partial charge in [-0.1, -0.05) is 25.1 Å². The first-order valence-corrected chi connectivity index (χ1v) is 6.22. The van der Waals surface area contributed by atoms with Crippen molar-refractivity contribution in [3.63, 3.8) is 0 Å². The van der Waals surface area contributed by atoms with Crippen molar-refractivity contribution in [3.05, 3.63) is 29.8 Å². The Morgan fingerprint density at radius 3 is 2.67 bits per heavy atom. The number of aryl methyl sites for hydroxylation is 1. The van der Waals surface area contributed by atoms with E-state index in [0.717, 1.165) is 17.7 Å². The van der Waals surface area contributed by atoms with Crippen molar-refractivity contribution >= 4 is 5.97 Å². The second kappa shape index (κ2) is 8.53. The van der Waals surface area contributed by atoms with E-state index in [1.54, 1.807) is 0 Å². The summed E-state index contributed by atoms with van der Waals surface area (Å²) in [6, 6.07) is 7.67. The van der Waals surface area contributed by atoms with E-state index in [4.69, 9.17) is 14.2 Å². The number of esters is 1. The van der Waals surface area contributed by atoms with Gasteiger partial charge in [0.15, 0.2) is 6.61 Å². The van der Waals surface area contributed by atoms with E-state index in [9.17, 15) is 4.79 Å². The maximum Gasteiger partial charge on any atom is 0.344 e. The minimum absolute atomic E-state index is 0.0663. The molecule has 0 spiro atoms. The van der Waals surface area contributed by atoms with Gasteiger partial charge in [0.1, 0.15) is 12.4 Å². The number of hydrogen-bond acceptors (Lipinski definition) is 4. The molecule has 1 aromatic rings. The van der Waals surface area contributed by atoms with E-state index in [1.165, 1.54) is 0 Å². The van der Waals surface area contributed by atoms with Crippen molar-refractivity contribution in [2.75, 3.05) is 26.4 Å². The van der Waals surface area contributed by atoms with Gasteiger partial charge >= 0.3 is 5.97 Å². The lowest BCUT2D eigenvalue weighted by Gasteiger charge is -2.10. The number of para-hydroxylation sites is 1. The summed E-state index contributed by atoms with van der Waals surface area (Å²) in [5.74, 6) is 0.363. The molecule has 0 saturated heterocycles. The number of carbonyl (C=O) groups is 1. The van der Waals surface area contributed by atoms with Crippen molar-refractivity contribution in [3.8, 4) is 5.75 Å². The van der Waals surface area contributed by atoms with E-state index in [-0.39, 0.29) is 19.2 Å². The van der Waals surface area contributed by atoms with Gasteiger partial charge in [-0.3, -0.25) is 0 Å². The molecule has 1 aromatic carbocycles. The quantitative estimate of drug-likeness (QED) is 0.525. The Morgan fingerprint density at radius 1 is 1.17 bits per heavy atom. The van der Waals surface area contributed by atoms with Crippen LogP contribution in [0.2, 0.25) is 0 Å². The van der Waals surface area contributed by atoms with Crippen molar-refractivity contribution in [1.82, 2.24) is 0 Å². The number of ether oxygens (including phenoxy) is 3. The Morgan fingerprint density at radius 2 is 1.94 bits per heavy atom. The minimum Gasteiger partial charge on any atom is -0.482 e. The summed E-state index contributed by atoms with van der Waals surface area (Å²) in [6.45, 7) is 5.19. The lowest BCUT2D eigenvalue weighted by molar-refractivity contribution is -0.147. The highest BCUT2D eigenvalue weighted by Crippen LogP contribution is 2.17. The molecule has 0 amide bonds. The fraction of sp³-hybridized carbons (Fsp3) is 0.500. The number of benzene rings is 1. The first-order valence-electron chi connectivity index (χ1n) is 6.22. The molecule has 0 aliphatic rings. The monoisotopic (exact) mass is 252 g/mol. The van der Waals surface area contributed by atoms with Crippen LogP contribution in [0.15, 0.2) is 24.3 Å². The van der Waals surface area contributed by atoms with Crippen LogP contribution >= 0.6 is 0 Å². The third-order valence-corrected chi connectivity index (χ3v) is 2.39. The van der Waals surface area contributed by atoms with Gasteiger partial charge in [0.05, 0.1) is 6.61 Å². The molecule has 0 N–H and O–H groups in total. The van der Waals surface area contributed by atoms with Crippen molar-refractivity contribution in [1.29, 1.82) is 0 Å². The Balaban J connectivity index is 2.29. The first-order chi connectivity index (χ1) is 8.77.